The Balaban J connectivity index is 1.68. The Kier molecular flexibility index (Phi) is 5.71. The van der Waals surface area contributed by atoms with Gasteiger partial charge >= 0.3 is 12.0 Å². The maximum Gasteiger partial charge on any atom is 0.355 e. The molecule has 2 aromatic rings. The average Bonchev–Trinajstić information content (AvgIpc) is 3.05. The second-order valence-electron chi connectivity index (χ2n) is 4.00. The number of amides is 2. The molecule has 2 heterocycles. The van der Waals surface area contributed by atoms with Crippen LogP contribution in [0.5, 0.6) is 0 Å². The van der Waals surface area contributed by atoms with E-state index < -0.39 is 5.97 Å². The molecule has 0 spiro atoms. The van der Waals surface area contributed by atoms with Crippen molar-refractivity contribution in [1.29, 1.82) is 0 Å². The summed E-state index contributed by atoms with van der Waals surface area (Å²) >= 11 is 6.23. The third-order valence-corrected chi connectivity index (χ3v) is 4.99. The fourth-order valence-electron chi connectivity index (χ4n) is 1.49. The van der Waals surface area contributed by atoms with E-state index in [-0.39, 0.29) is 18.3 Å². The van der Waals surface area contributed by atoms with E-state index in [1.54, 1.807) is 11.3 Å². The first-order valence-corrected chi connectivity index (χ1v) is 8.47. The van der Waals surface area contributed by atoms with Crippen LogP contribution in [0.25, 0.3) is 0 Å². The van der Waals surface area contributed by atoms with Crippen molar-refractivity contribution in [2.24, 2.45) is 0 Å². The van der Waals surface area contributed by atoms with Crippen molar-refractivity contribution in [3.63, 3.8) is 0 Å². The molecule has 0 saturated heterocycles. The number of rotatable bonds is 6. The lowest BCUT2D eigenvalue weighted by Crippen LogP contribution is -2.36. The van der Waals surface area contributed by atoms with Crippen LogP contribution >= 0.6 is 38.6 Å². The molecule has 112 valence electrons. The molecule has 0 aromatic carbocycles. The van der Waals surface area contributed by atoms with Gasteiger partial charge in [-0.2, -0.15) is 0 Å². The van der Waals surface area contributed by atoms with Gasteiger partial charge in [0.1, 0.15) is 5.01 Å². The Bertz CT molecular complexity index is 641. The maximum atomic E-state index is 11.6. The second-order valence-corrected chi connectivity index (χ2v) is 7.49. The predicted molar refractivity (Wildman–Crippen MR) is 85.0 cm³/mol. The third kappa shape index (κ3) is 5.10. The number of hydrogen-bond acceptors (Lipinski definition) is 5. The van der Waals surface area contributed by atoms with E-state index in [0.717, 1.165) is 10.2 Å². The molecule has 0 aliphatic heterocycles. The minimum Gasteiger partial charge on any atom is -0.476 e. The highest BCUT2D eigenvalue weighted by atomic mass is 79.9. The molecule has 0 aliphatic rings. The van der Waals surface area contributed by atoms with Gasteiger partial charge in [-0.05, 0) is 34.5 Å². The number of nitrogens with one attached hydrogen (secondary N) is 2. The Morgan fingerprint density at radius 3 is 2.76 bits per heavy atom. The molecule has 6 nitrogen and oxygen atoms in total. The fraction of sp³-hybridized carbons (Fsp3) is 0.250. The molecule has 0 aliphatic carbocycles. The summed E-state index contributed by atoms with van der Waals surface area (Å²) in [6.07, 6.45) is 0.768. The number of carboxylic acids is 1. The molecule has 2 rings (SSSR count). The molecule has 0 bridgehead atoms. The molecule has 9 heteroatoms. The first kappa shape index (κ1) is 15.9. The van der Waals surface area contributed by atoms with Crippen molar-refractivity contribution in [1.82, 2.24) is 15.6 Å². The lowest BCUT2D eigenvalue weighted by Gasteiger charge is -2.05. The lowest BCUT2D eigenvalue weighted by atomic mass is 10.3. The number of carbonyl (C=O) groups excluding carboxylic acids is 1. The van der Waals surface area contributed by atoms with E-state index in [4.69, 9.17) is 5.11 Å². The average molecular weight is 390 g/mol. The van der Waals surface area contributed by atoms with E-state index in [9.17, 15) is 9.59 Å². The molecule has 2 aromatic heterocycles. The lowest BCUT2D eigenvalue weighted by molar-refractivity contribution is 0.0691. The smallest absolute Gasteiger partial charge is 0.355 e. The summed E-state index contributed by atoms with van der Waals surface area (Å²) in [7, 11) is 0. The Morgan fingerprint density at radius 2 is 2.14 bits per heavy atom. The van der Waals surface area contributed by atoms with Crippen LogP contribution in [0.1, 0.15) is 20.4 Å². The quantitative estimate of drug-likeness (QED) is 0.707. The Hall–Kier alpha value is -1.45. The van der Waals surface area contributed by atoms with Crippen LogP contribution < -0.4 is 10.6 Å². The van der Waals surface area contributed by atoms with Gasteiger partial charge in [-0.25, -0.2) is 14.6 Å². The van der Waals surface area contributed by atoms with Crippen molar-refractivity contribution < 1.29 is 14.7 Å². The van der Waals surface area contributed by atoms with Gasteiger partial charge in [0.05, 0.1) is 10.3 Å². The first-order chi connectivity index (χ1) is 10.0. The molecule has 0 saturated carbocycles. The minimum atomic E-state index is -1.07. The van der Waals surface area contributed by atoms with Crippen molar-refractivity contribution in [2.45, 2.75) is 13.0 Å². The number of aromatic carboxylic acids is 1. The van der Waals surface area contributed by atoms with Crippen LogP contribution in [0.3, 0.4) is 0 Å². The van der Waals surface area contributed by atoms with Gasteiger partial charge in [-0.1, -0.05) is 0 Å². The van der Waals surface area contributed by atoms with E-state index in [0.29, 0.717) is 11.6 Å². The van der Waals surface area contributed by atoms with Crippen LogP contribution in [0.2, 0.25) is 0 Å². The van der Waals surface area contributed by atoms with Gasteiger partial charge in [0.15, 0.2) is 5.69 Å². The van der Waals surface area contributed by atoms with E-state index in [2.05, 4.69) is 31.5 Å². The zero-order valence-corrected chi connectivity index (χ0v) is 14.0. The summed E-state index contributed by atoms with van der Waals surface area (Å²) in [5.74, 6) is -1.07. The summed E-state index contributed by atoms with van der Waals surface area (Å²) in [5, 5.41) is 16.1. The van der Waals surface area contributed by atoms with E-state index >= 15 is 0 Å². The number of urea groups is 1. The number of thiazole rings is 1. The summed E-state index contributed by atoms with van der Waals surface area (Å²) in [5.41, 5.74) is 0.000445. The minimum absolute atomic E-state index is 0.000445. The molecule has 21 heavy (non-hydrogen) atoms. The highest BCUT2D eigenvalue weighted by molar-refractivity contribution is 9.11. The van der Waals surface area contributed by atoms with E-state index in [1.807, 2.05) is 12.1 Å². The van der Waals surface area contributed by atoms with Crippen molar-refractivity contribution in [2.75, 3.05) is 6.54 Å². The summed E-state index contributed by atoms with van der Waals surface area (Å²) < 4.78 is 1.07. The second kappa shape index (κ2) is 7.53. The van der Waals surface area contributed by atoms with Gasteiger partial charge in [0, 0.05) is 16.8 Å². The molecule has 3 N–H and O–H groups in total. The molecule has 2 amide bonds. The topological polar surface area (TPSA) is 91.3 Å². The van der Waals surface area contributed by atoms with E-state index in [1.165, 1.54) is 21.6 Å². The maximum absolute atomic E-state index is 11.6. The number of nitrogens with zero attached hydrogens (tertiary/aromatic N) is 1. The zero-order valence-electron chi connectivity index (χ0n) is 10.8. The number of halogens is 1. The molecule has 0 unspecified atom stereocenters. The van der Waals surface area contributed by atoms with Gasteiger partial charge < -0.3 is 15.7 Å². The molecule has 0 radical (unpaired) electrons. The highest BCUT2D eigenvalue weighted by Crippen LogP contribution is 2.21. The van der Waals surface area contributed by atoms with Crippen molar-refractivity contribution in [3.8, 4) is 0 Å². The number of carboxylic acid groups (broad SMARTS) is 1. The summed E-state index contributed by atoms with van der Waals surface area (Å²) in [6, 6.07) is 3.69. The number of carbonyl (C=O) groups is 2. The normalized spacial score (nSPS) is 10.3. The number of aromatic nitrogens is 1. The molecule has 0 fully saturated rings. The van der Waals surface area contributed by atoms with Crippen LogP contribution in [-0.2, 0) is 13.0 Å². The third-order valence-electron chi connectivity index (χ3n) is 2.46. The van der Waals surface area contributed by atoms with Crippen LogP contribution in [0.4, 0.5) is 4.79 Å². The monoisotopic (exact) mass is 389 g/mol. The van der Waals surface area contributed by atoms with Gasteiger partial charge in [-0.3, -0.25) is 0 Å². The summed E-state index contributed by atoms with van der Waals surface area (Å²) in [6.45, 7) is 0.755. The highest BCUT2D eigenvalue weighted by Gasteiger charge is 2.09. The van der Waals surface area contributed by atoms with Gasteiger partial charge in [0.25, 0.3) is 0 Å². The predicted octanol–water partition coefficient (Wildman–Crippen LogP) is 2.71. The Morgan fingerprint density at radius 1 is 1.33 bits per heavy atom. The van der Waals surface area contributed by atoms with Gasteiger partial charge in [0.2, 0.25) is 0 Å². The van der Waals surface area contributed by atoms with Gasteiger partial charge in [-0.15, -0.1) is 22.7 Å². The molecular weight excluding hydrogens is 378 g/mol. The fourth-order valence-corrected chi connectivity index (χ4v) is 3.68. The summed E-state index contributed by atoms with van der Waals surface area (Å²) in [4.78, 5) is 27.3. The first-order valence-electron chi connectivity index (χ1n) is 5.98. The van der Waals surface area contributed by atoms with Crippen LogP contribution in [0, 0.1) is 0 Å². The standard InChI is InChI=1S/C12H12BrN3O3S2/c13-9-2-1-7(21-9)3-4-14-12(19)15-5-10-16-8(6-20-10)11(17)18/h1-2,6H,3-5H2,(H,17,18)(H2,14,15,19). The van der Waals surface area contributed by atoms with Crippen molar-refractivity contribution >= 4 is 50.6 Å². The van der Waals surface area contributed by atoms with Crippen LogP contribution in [0.15, 0.2) is 21.3 Å². The number of hydrogen-bond donors (Lipinski definition) is 3. The largest absolute Gasteiger partial charge is 0.476 e. The number of thiophene rings is 1. The molecular formula is C12H12BrN3O3S2. The van der Waals surface area contributed by atoms with Crippen molar-refractivity contribution in [3.05, 3.63) is 36.9 Å². The Labute approximate surface area is 137 Å². The molecule has 0 atom stereocenters. The van der Waals surface area contributed by atoms with Crippen LogP contribution in [-0.4, -0.2) is 28.6 Å². The SMILES string of the molecule is O=C(NCCc1ccc(Br)s1)NCc1nc(C(=O)O)cs1. The zero-order chi connectivity index (χ0) is 15.2.